The van der Waals surface area contributed by atoms with E-state index in [0.29, 0.717) is 23.3 Å². The van der Waals surface area contributed by atoms with E-state index in [2.05, 4.69) is 44.5 Å². The van der Waals surface area contributed by atoms with Crippen LogP contribution in [0.4, 0.5) is 0 Å². The van der Waals surface area contributed by atoms with Gasteiger partial charge < -0.3 is 42.7 Å². The van der Waals surface area contributed by atoms with Gasteiger partial charge in [0.1, 0.15) is 40.6 Å². The van der Waals surface area contributed by atoms with E-state index in [1.54, 1.807) is 26.4 Å². The zero-order valence-electron chi connectivity index (χ0n) is 33.7. The largest absolute Gasteiger partial charge is 0.507 e. The molecule has 1 N–H and O–H groups in total. The van der Waals surface area contributed by atoms with Gasteiger partial charge in [-0.15, -0.1) is 0 Å². The van der Waals surface area contributed by atoms with Crippen LogP contribution in [-0.2, 0) is 34.7 Å². The third-order valence-corrected chi connectivity index (χ3v) is 17.4. The number of methoxy groups -OCH3 is 2. The topological polar surface area (TPSA) is 114 Å². The van der Waals surface area contributed by atoms with Gasteiger partial charge in [0.05, 0.1) is 27.4 Å². The van der Waals surface area contributed by atoms with Crippen molar-refractivity contribution < 1.29 is 47.5 Å². The van der Waals surface area contributed by atoms with Crippen LogP contribution < -0.4 is 9.47 Å². The van der Waals surface area contributed by atoms with Crippen LogP contribution in [0.15, 0.2) is 60.2 Å². The molecule has 0 amide bonds. The molecule has 3 aromatic carbocycles. The maximum atomic E-state index is 14.5. The zero-order valence-corrected chi connectivity index (χ0v) is 34.7. The highest BCUT2D eigenvalue weighted by Crippen LogP contribution is 2.51. The second-order valence-corrected chi connectivity index (χ2v) is 20.5. The molecular formula is C46H52O10Si. The maximum Gasteiger partial charge on any atom is 0.343 e. The normalized spacial score (nSPS) is 28.1. The predicted octanol–water partition coefficient (Wildman–Crippen LogP) is 7.92. The molecule has 3 aromatic rings. The maximum absolute atomic E-state index is 14.5. The van der Waals surface area contributed by atoms with Crippen molar-refractivity contribution >= 4 is 25.1 Å². The van der Waals surface area contributed by atoms with Crippen LogP contribution in [0.2, 0.25) is 18.1 Å². The van der Waals surface area contributed by atoms with E-state index < -0.39 is 55.7 Å². The lowest BCUT2D eigenvalue weighted by atomic mass is 9.89. The van der Waals surface area contributed by atoms with Gasteiger partial charge in [0.2, 0.25) is 0 Å². The molecule has 3 aliphatic carbocycles. The average Bonchev–Trinajstić information content (AvgIpc) is 3.50. The lowest BCUT2D eigenvalue weighted by molar-refractivity contribution is -0.166. The minimum absolute atomic E-state index is 0.0376. The number of benzene rings is 3. The molecule has 0 unspecified atom stereocenters. The fraction of sp³-hybridized carbons (Fsp3) is 0.500. The lowest BCUT2D eigenvalue weighted by Gasteiger charge is -2.44. The summed E-state index contributed by atoms with van der Waals surface area (Å²) in [4.78, 5) is 14.5. The molecule has 2 saturated heterocycles. The van der Waals surface area contributed by atoms with E-state index in [9.17, 15) is 9.90 Å². The molecule has 1 spiro atoms. The van der Waals surface area contributed by atoms with Crippen molar-refractivity contribution in [1.29, 1.82) is 0 Å². The van der Waals surface area contributed by atoms with Gasteiger partial charge in [-0.2, -0.15) is 0 Å². The molecule has 0 bridgehead atoms. The summed E-state index contributed by atoms with van der Waals surface area (Å²) in [7, 11) is 0.770. The first kappa shape index (κ1) is 39.5. The molecule has 2 aliphatic heterocycles. The number of fused-ring (bicyclic) bond motifs is 3. The highest BCUT2D eigenvalue weighted by atomic mass is 28.4. The molecule has 2 heterocycles. The Morgan fingerprint density at radius 2 is 1.68 bits per heavy atom. The van der Waals surface area contributed by atoms with Gasteiger partial charge in [0, 0.05) is 30.2 Å². The number of hydrogen-bond donors (Lipinski definition) is 1. The number of hydrogen-bond acceptors (Lipinski definition) is 10. The van der Waals surface area contributed by atoms with Gasteiger partial charge in [-0.05, 0) is 90.8 Å². The van der Waals surface area contributed by atoms with Gasteiger partial charge in [-0.3, -0.25) is 0 Å². The SMILES string of the molecule is CC[Si](CC)(CC)O[C@]12CC#C[C@H]3O[C@@]3([C@H]3COC4(CCCC4)O3)C#CC1=C[C@@H](OC(=O)c1c(O)ccc3c(C)cc(OC)cc13)[C@@H]2OCc1ccc(OC)cc1. The molecule has 0 radical (unpaired) electrons. The van der Waals surface area contributed by atoms with Gasteiger partial charge >= 0.3 is 5.97 Å². The summed E-state index contributed by atoms with van der Waals surface area (Å²) in [6.07, 6.45) is 3.26. The number of carbonyl (C=O) groups excluding carboxylic acids is 1. The number of phenolic OH excluding ortho intramolecular Hbond substituents is 1. The van der Waals surface area contributed by atoms with Gasteiger partial charge in [-0.1, -0.05) is 62.7 Å². The summed E-state index contributed by atoms with van der Waals surface area (Å²) in [5.41, 5.74) is 0.315. The number of rotatable bonds is 13. The first-order chi connectivity index (χ1) is 27.6. The van der Waals surface area contributed by atoms with Crippen LogP contribution in [0.25, 0.3) is 10.8 Å². The lowest BCUT2D eigenvalue weighted by Crippen LogP contribution is -2.56. The van der Waals surface area contributed by atoms with Crippen molar-refractivity contribution in [3.05, 3.63) is 76.9 Å². The third-order valence-electron chi connectivity index (χ3n) is 12.8. The molecule has 300 valence electrons. The minimum Gasteiger partial charge on any atom is -0.507 e. The van der Waals surface area contributed by atoms with E-state index in [1.165, 1.54) is 6.07 Å². The van der Waals surface area contributed by atoms with Crippen LogP contribution in [-0.4, -0.2) is 81.6 Å². The second-order valence-electron chi connectivity index (χ2n) is 15.8. The van der Waals surface area contributed by atoms with Gasteiger partial charge in [-0.25, -0.2) is 4.79 Å². The summed E-state index contributed by atoms with van der Waals surface area (Å²) >= 11 is 0. The summed E-state index contributed by atoms with van der Waals surface area (Å²) in [6.45, 7) is 9.04. The predicted molar refractivity (Wildman–Crippen MR) is 217 cm³/mol. The van der Waals surface area contributed by atoms with Crippen molar-refractivity contribution in [3.63, 3.8) is 0 Å². The highest BCUT2D eigenvalue weighted by molar-refractivity contribution is 6.73. The monoisotopic (exact) mass is 792 g/mol. The number of phenols is 1. The van der Waals surface area contributed by atoms with Crippen LogP contribution >= 0.6 is 0 Å². The summed E-state index contributed by atoms with van der Waals surface area (Å²) in [5.74, 6) is 13.6. The van der Waals surface area contributed by atoms with E-state index in [4.69, 9.17) is 37.6 Å². The molecule has 11 heteroatoms. The molecule has 8 rings (SSSR count). The van der Waals surface area contributed by atoms with Crippen molar-refractivity contribution in [1.82, 2.24) is 0 Å². The summed E-state index contributed by atoms with van der Waals surface area (Å²) in [5, 5.41) is 12.5. The molecule has 6 atom stereocenters. The standard InChI is InChI=1S/C46H52O10Si/c1-7-57(8-2,9-3)56-45-23-12-13-39-46(55-39,40-29-52-44(54-40)21-10-11-22-44)24-20-32(45)26-38(42(45)51-28-31-14-16-33(49-5)17-15-31)53-43(48)41-36-27-34(50-6)25-30(4)35(36)18-19-37(41)47/h14-19,25-27,38-40,42,47H,7-11,21-23,28-29H2,1-6H3/t38-,39-,40-,42+,45-,46+/m1/s1. The number of ether oxygens (including phenoxy) is 7. The Hall–Kier alpha value is -4.33. The molecular weight excluding hydrogens is 741 g/mol. The molecule has 57 heavy (non-hydrogen) atoms. The Kier molecular flexibility index (Phi) is 10.7. The second kappa shape index (κ2) is 15.4. The number of carbonyl (C=O) groups is 1. The Labute approximate surface area is 336 Å². The fourth-order valence-electron chi connectivity index (χ4n) is 9.08. The van der Waals surface area contributed by atoms with Gasteiger partial charge in [0.25, 0.3) is 0 Å². The van der Waals surface area contributed by atoms with E-state index >= 15 is 0 Å². The van der Waals surface area contributed by atoms with E-state index in [1.807, 2.05) is 43.3 Å². The fourth-order valence-corrected chi connectivity index (χ4v) is 12.1. The van der Waals surface area contributed by atoms with Crippen molar-refractivity contribution in [2.45, 2.75) is 126 Å². The zero-order chi connectivity index (χ0) is 40.0. The molecule has 5 aliphatic rings. The van der Waals surface area contributed by atoms with Crippen LogP contribution in [0.3, 0.4) is 0 Å². The molecule has 1 saturated carbocycles. The Bertz CT molecular complexity index is 2180. The number of esters is 1. The number of aryl methyl sites for hydroxylation is 1. The first-order valence-corrected chi connectivity index (χ1v) is 22.8. The van der Waals surface area contributed by atoms with E-state index in [0.717, 1.165) is 66.1 Å². The Balaban J connectivity index is 1.23. The Morgan fingerprint density at radius 3 is 2.39 bits per heavy atom. The third kappa shape index (κ3) is 7.03. The Morgan fingerprint density at radius 1 is 0.947 bits per heavy atom. The van der Waals surface area contributed by atoms with Crippen molar-refractivity contribution in [2.24, 2.45) is 0 Å². The molecule has 0 aromatic heterocycles. The summed E-state index contributed by atoms with van der Waals surface area (Å²) < 4.78 is 51.2. The van der Waals surface area contributed by atoms with Crippen LogP contribution in [0.5, 0.6) is 17.2 Å². The summed E-state index contributed by atoms with van der Waals surface area (Å²) in [6, 6.07) is 17.2. The highest BCUT2D eigenvalue weighted by Gasteiger charge is 2.66. The van der Waals surface area contributed by atoms with Crippen LogP contribution in [0.1, 0.15) is 74.4 Å². The minimum atomic E-state index is -2.43. The smallest absolute Gasteiger partial charge is 0.343 e. The molecule has 3 fully saturated rings. The van der Waals surface area contributed by atoms with E-state index in [-0.39, 0.29) is 24.3 Å². The van der Waals surface area contributed by atoms with Crippen LogP contribution in [0, 0.1) is 30.6 Å². The molecule has 10 nitrogen and oxygen atoms in total. The van der Waals surface area contributed by atoms with Crippen molar-refractivity contribution in [2.75, 3.05) is 20.8 Å². The number of aromatic hydroxyl groups is 1. The van der Waals surface area contributed by atoms with Crippen molar-refractivity contribution in [3.8, 4) is 40.9 Å². The van der Waals surface area contributed by atoms with Gasteiger partial charge in [0.15, 0.2) is 31.9 Å². The first-order valence-electron chi connectivity index (χ1n) is 20.3. The number of epoxide rings is 1. The quantitative estimate of drug-likeness (QED) is 0.0793. The average molecular weight is 793 g/mol.